The number of carbonyl (C=O) groups is 2. The summed E-state index contributed by atoms with van der Waals surface area (Å²) in [6, 6.07) is 13.3. The number of anilines is 1. The summed E-state index contributed by atoms with van der Waals surface area (Å²) in [4.78, 5) is 23.7. The highest BCUT2D eigenvalue weighted by Crippen LogP contribution is 2.49. The van der Waals surface area contributed by atoms with Crippen molar-refractivity contribution in [2.75, 3.05) is 18.5 Å². The van der Waals surface area contributed by atoms with Crippen LogP contribution in [0.1, 0.15) is 36.7 Å². The molecule has 0 aliphatic rings. The number of esters is 1. The van der Waals surface area contributed by atoms with Gasteiger partial charge in [-0.05, 0) is 43.7 Å². The first-order valence-corrected chi connectivity index (χ1v) is 10.5. The van der Waals surface area contributed by atoms with E-state index >= 15 is 0 Å². The van der Waals surface area contributed by atoms with E-state index in [-0.39, 0.29) is 31.1 Å². The normalized spacial score (nSPS) is 11.1. The number of hydrogen-bond donors (Lipinski definition) is 1. The maximum absolute atomic E-state index is 12.5. The third-order valence-electron chi connectivity index (χ3n) is 3.56. The summed E-state index contributed by atoms with van der Waals surface area (Å²) in [5, 5.41) is 2.74. The van der Waals surface area contributed by atoms with Crippen LogP contribution in [0.2, 0.25) is 0 Å². The highest BCUT2D eigenvalue weighted by Gasteiger charge is 2.25. The van der Waals surface area contributed by atoms with E-state index in [2.05, 4.69) is 5.32 Å². The molecule has 0 spiro atoms. The molecular weight excluding hydrogens is 397 g/mol. The fraction of sp³-hybridized carbons (Fsp3) is 0.300. The van der Waals surface area contributed by atoms with Crippen molar-refractivity contribution in [3.63, 3.8) is 0 Å². The van der Waals surface area contributed by atoms with Crippen LogP contribution in [0.3, 0.4) is 0 Å². The third-order valence-corrected chi connectivity index (χ3v) is 5.16. The van der Waals surface area contributed by atoms with Gasteiger partial charge in [-0.2, -0.15) is 0 Å². The number of amides is 1. The van der Waals surface area contributed by atoms with E-state index in [0.29, 0.717) is 5.69 Å². The monoisotopic (exact) mass is 421 g/mol. The number of ether oxygens (including phenoxy) is 1. The molecule has 0 radical (unpaired) electrons. The second-order valence-corrected chi connectivity index (χ2v) is 7.47. The lowest BCUT2D eigenvalue weighted by atomic mass is 10.1. The van der Waals surface area contributed by atoms with Crippen LogP contribution >= 0.6 is 7.82 Å². The standard InChI is InChI=1S/C20H24NO7P/c1-4-25-29(24,26-5-2)27-14-16-10-12-17(13-11-16)21-20(23)18-8-6-7-9-19(18)28-15(3)22/h6-13H,4-5,14H2,1-3H3,(H,21,23). The Morgan fingerprint density at radius 1 is 0.931 bits per heavy atom. The van der Waals surface area contributed by atoms with Crippen LogP contribution in [0.15, 0.2) is 48.5 Å². The predicted octanol–water partition coefficient (Wildman–Crippen LogP) is 4.56. The van der Waals surface area contributed by atoms with E-state index < -0.39 is 19.7 Å². The Hall–Kier alpha value is -2.51. The molecule has 156 valence electrons. The van der Waals surface area contributed by atoms with Crippen LogP contribution < -0.4 is 10.1 Å². The summed E-state index contributed by atoms with van der Waals surface area (Å²) in [5.41, 5.74) is 1.50. The molecule has 0 saturated carbocycles. The van der Waals surface area contributed by atoms with Gasteiger partial charge in [0.15, 0.2) is 0 Å². The number of nitrogens with one attached hydrogen (secondary N) is 1. The number of phosphoric ester groups is 1. The molecule has 0 bridgehead atoms. The van der Waals surface area contributed by atoms with Crippen LogP contribution in [-0.4, -0.2) is 25.1 Å². The number of carbonyl (C=O) groups excluding carboxylic acids is 2. The average Bonchev–Trinajstić information content (AvgIpc) is 2.68. The first-order valence-electron chi connectivity index (χ1n) is 9.08. The van der Waals surface area contributed by atoms with Gasteiger partial charge in [0.1, 0.15) is 5.75 Å². The fourth-order valence-corrected chi connectivity index (χ4v) is 3.53. The van der Waals surface area contributed by atoms with Crippen LogP contribution in [0.5, 0.6) is 5.75 Å². The lowest BCUT2D eigenvalue weighted by Gasteiger charge is -2.16. The molecule has 9 heteroatoms. The van der Waals surface area contributed by atoms with Crippen molar-refractivity contribution in [2.24, 2.45) is 0 Å². The maximum Gasteiger partial charge on any atom is 0.475 e. The highest BCUT2D eigenvalue weighted by atomic mass is 31.2. The average molecular weight is 421 g/mol. The molecule has 0 aromatic heterocycles. The number of para-hydroxylation sites is 1. The summed E-state index contributed by atoms with van der Waals surface area (Å²) in [5.74, 6) is -0.737. The molecule has 0 aliphatic carbocycles. The summed E-state index contributed by atoms with van der Waals surface area (Å²) in [7, 11) is -3.59. The second kappa shape index (κ2) is 10.9. The van der Waals surface area contributed by atoms with Crippen LogP contribution in [-0.2, 0) is 29.5 Å². The minimum Gasteiger partial charge on any atom is -0.426 e. The zero-order valence-corrected chi connectivity index (χ0v) is 17.4. The molecule has 2 aromatic rings. The van der Waals surface area contributed by atoms with Gasteiger partial charge in [-0.3, -0.25) is 23.2 Å². The molecule has 0 heterocycles. The molecule has 0 saturated heterocycles. The van der Waals surface area contributed by atoms with Gasteiger partial charge >= 0.3 is 13.8 Å². The molecule has 0 unspecified atom stereocenters. The Kier molecular flexibility index (Phi) is 8.54. The number of benzene rings is 2. The van der Waals surface area contributed by atoms with Crippen molar-refractivity contribution in [1.29, 1.82) is 0 Å². The van der Waals surface area contributed by atoms with Gasteiger partial charge in [0.05, 0.1) is 25.4 Å². The van der Waals surface area contributed by atoms with Crippen LogP contribution in [0.25, 0.3) is 0 Å². The topological polar surface area (TPSA) is 100 Å². The van der Waals surface area contributed by atoms with E-state index in [0.717, 1.165) is 5.56 Å². The third kappa shape index (κ3) is 7.11. The lowest BCUT2D eigenvalue weighted by Crippen LogP contribution is -2.14. The number of phosphoric acid groups is 1. The van der Waals surface area contributed by atoms with E-state index in [1.54, 1.807) is 62.4 Å². The quantitative estimate of drug-likeness (QED) is 0.341. The second-order valence-electron chi connectivity index (χ2n) is 5.80. The summed E-state index contributed by atoms with van der Waals surface area (Å²) in [6.45, 7) is 5.11. The number of rotatable bonds is 10. The van der Waals surface area contributed by atoms with E-state index in [1.165, 1.54) is 6.92 Å². The predicted molar refractivity (Wildman–Crippen MR) is 108 cm³/mol. The molecular formula is C20H24NO7P. The highest BCUT2D eigenvalue weighted by molar-refractivity contribution is 7.48. The summed E-state index contributed by atoms with van der Waals surface area (Å²) >= 11 is 0. The number of hydrogen-bond acceptors (Lipinski definition) is 7. The van der Waals surface area contributed by atoms with E-state index in [1.807, 2.05) is 0 Å². The van der Waals surface area contributed by atoms with Crippen molar-refractivity contribution in [2.45, 2.75) is 27.4 Å². The largest absolute Gasteiger partial charge is 0.475 e. The van der Waals surface area contributed by atoms with Gasteiger partial charge in [-0.15, -0.1) is 0 Å². The van der Waals surface area contributed by atoms with Gasteiger partial charge in [-0.1, -0.05) is 24.3 Å². The van der Waals surface area contributed by atoms with E-state index in [4.69, 9.17) is 18.3 Å². The Morgan fingerprint density at radius 3 is 2.14 bits per heavy atom. The summed E-state index contributed by atoms with van der Waals surface area (Å²) < 4.78 is 32.8. The van der Waals surface area contributed by atoms with Gasteiger partial charge in [0.25, 0.3) is 5.91 Å². The smallest absolute Gasteiger partial charge is 0.426 e. The minimum absolute atomic E-state index is 0.0286. The van der Waals surface area contributed by atoms with Crippen molar-refractivity contribution < 1.29 is 32.5 Å². The molecule has 2 aromatic carbocycles. The van der Waals surface area contributed by atoms with Crippen molar-refractivity contribution in [3.05, 3.63) is 59.7 Å². The van der Waals surface area contributed by atoms with Crippen molar-refractivity contribution in [3.8, 4) is 5.75 Å². The molecule has 1 N–H and O–H groups in total. The van der Waals surface area contributed by atoms with Gasteiger partial charge in [-0.25, -0.2) is 4.57 Å². The first kappa shape index (κ1) is 22.8. The Morgan fingerprint density at radius 2 is 1.55 bits per heavy atom. The maximum atomic E-state index is 12.5. The Balaban J connectivity index is 2.01. The zero-order valence-electron chi connectivity index (χ0n) is 16.5. The zero-order chi connectivity index (χ0) is 21.3. The Bertz CT molecular complexity index is 873. The lowest BCUT2D eigenvalue weighted by molar-refractivity contribution is -0.131. The fourth-order valence-electron chi connectivity index (χ4n) is 2.36. The van der Waals surface area contributed by atoms with Crippen LogP contribution in [0.4, 0.5) is 5.69 Å². The van der Waals surface area contributed by atoms with E-state index in [9.17, 15) is 14.2 Å². The molecule has 8 nitrogen and oxygen atoms in total. The van der Waals surface area contributed by atoms with Crippen molar-refractivity contribution >= 4 is 25.4 Å². The molecule has 2 rings (SSSR count). The van der Waals surface area contributed by atoms with Gasteiger partial charge in [0.2, 0.25) is 0 Å². The van der Waals surface area contributed by atoms with Crippen molar-refractivity contribution in [1.82, 2.24) is 0 Å². The van der Waals surface area contributed by atoms with Gasteiger partial charge in [0, 0.05) is 12.6 Å². The summed E-state index contributed by atoms with van der Waals surface area (Å²) in [6.07, 6.45) is 0. The molecule has 29 heavy (non-hydrogen) atoms. The molecule has 0 aliphatic heterocycles. The Labute approximate surface area is 169 Å². The molecule has 0 fully saturated rings. The minimum atomic E-state index is -3.59. The molecule has 1 amide bonds. The van der Waals surface area contributed by atoms with Crippen LogP contribution in [0, 0.1) is 0 Å². The first-order chi connectivity index (χ1) is 13.9. The molecule has 0 atom stereocenters. The SMILES string of the molecule is CCOP(=O)(OCC)OCc1ccc(NC(=O)c2ccccc2OC(C)=O)cc1. The van der Waals surface area contributed by atoms with Gasteiger partial charge < -0.3 is 10.1 Å².